The van der Waals surface area contributed by atoms with E-state index in [1.54, 1.807) is 0 Å². The van der Waals surface area contributed by atoms with Gasteiger partial charge in [-0.05, 0) is 59.9 Å². The van der Waals surface area contributed by atoms with Gasteiger partial charge in [-0.3, -0.25) is 9.69 Å². The summed E-state index contributed by atoms with van der Waals surface area (Å²) >= 11 is 0. The van der Waals surface area contributed by atoms with Crippen LogP contribution in [0, 0.1) is 5.41 Å². The van der Waals surface area contributed by atoms with Crippen LogP contribution in [0.2, 0.25) is 0 Å². The molecule has 2 atom stereocenters. The van der Waals surface area contributed by atoms with Crippen LogP contribution in [0.4, 0.5) is 0 Å². The maximum atomic E-state index is 11.7. The molecular weight excluding hydrogens is 254 g/mol. The number of hydrogen-bond acceptors (Lipinski definition) is 3. The van der Waals surface area contributed by atoms with Crippen molar-refractivity contribution in [2.75, 3.05) is 13.1 Å². The summed E-state index contributed by atoms with van der Waals surface area (Å²) in [5.41, 5.74) is -0.899. The molecule has 2 rings (SSSR count). The van der Waals surface area contributed by atoms with Crippen molar-refractivity contribution in [3.8, 4) is 0 Å². The molecule has 2 heterocycles. The SMILES string of the molecule is CCC1(C(=O)O)CCCN(C2CC(C)(C)OC2(C)C)C1. The van der Waals surface area contributed by atoms with Crippen LogP contribution in [0.25, 0.3) is 0 Å². The van der Waals surface area contributed by atoms with Crippen LogP contribution in [0.5, 0.6) is 0 Å². The van der Waals surface area contributed by atoms with Gasteiger partial charge in [0.05, 0.1) is 16.6 Å². The summed E-state index contributed by atoms with van der Waals surface area (Å²) in [6.45, 7) is 12.2. The molecule has 0 spiro atoms. The lowest BCUT2D eigenvalue weighted by Gasteiger charge is -2.45. The molecule has 2 unspecified atom stereocenters. The van der Waals surface area contributed by atoms with Gasteiger partial charge in [-0.2, -0.15) is 0 Å². The summed E-state index contributed by atoms with van der Waals surface area (Å²) in [7, 11) is 0. The molecule has 0 amide bonds. The molecule has 0 saturated carbocycles. The molecule has 0 radical (unpaired) electrons. The highest BCUT2D eigenvalue weighted by Crippen LogP contribution is 2.43. The van der Waals surface area contributed by atoms with Crippen LogP contribution < -0.4 is 0 Å². The number of ether oxygens (including phenoxy) is 1. The Balaban J connectivity index is 2.19. The zero-order valence-corrected chi connectivity index (χ0v) is 13.5. The van der Waals surface area contributed by atoms with Crippen molar-refractivity contribution in [3.63, 3.8) is 0 Å². The fourth-order valence-electron chi connectivity index (χ4n) is 4.15. The van der Waals surface area contributed by atoms with Gasteiger partial charge in [-0.25, -0.2) is 0 Å². The molecule has 0 aromatic carbocycles. The summed E-state index contributed by atoms with van der Waals surface area (Å²) < 4.78 is 6.18. The van der Waals surface area contributed by atoms with Crippen LogP contribution in [0.15, 0.2) is 0 Å². The quantitative estimate of drug-likeness (QED) is 0.865. The number of aliphatic carboxylic acids is 1. The van der Waals surface area contributed by atoms with Gasteiger partial charge in [-0.1, -0.05) is 6.92 Å². The van der Waals surface area contributed by atoms with E-state index in [9.17, 15) is 9.90 Å². The predicted molar refractivity (Wildman–Crippen MR) is 78.8 cm³/mol. The van der Waals surface area contributed by atoms with Gasteiger partial charge in [0, 0.05) is 12.6 Å². The van der Waals surface area contributed by atoms with Crippen molar-refractivity contribution in [2.45, 2.75) is 77.5 Å². The molecule has 0 aromatic heterocycles. The number of likely N-dealkylation sites (tertiary alicyclic amines) is 1. The largest absolute Gasteiger partial charge is 0.481 e. The molecule has 0 bridgehead atoms. The summed E-state index contributed by atoms with van der Waals surface area (Å²) in [6, 6.07) is 0.308. The molecule has 20 heavy (non-hydrogen) atoms. The first-order valence-electron chi connectivity index (χ1n) is 7.79. The number of hydrogen-bond donors (Lipinski definition) is 1. The second-order valence-electron chi connectivity index (χ2n) is 7.70. The number of nitrogens with zero attached hydrogens (tertiary/aromatic N) is 1. The molecule has 0 aliphatic carbocycles. The van der Waals surface area contributed by atoms with Crippen molar-refractivity contribution < 1.29 is 14.6 Å². The second-order valence-corrected chi connectivity index (χ2v) is 7.70. The third-order valence-corrected chi connectivity index (χ3v) is 5.20. The Labute approximate surface area is 122 Å². The lowest BCUT2D eigenvalue weighted by molar-refractivity contribution is -0.155. The number of rotatable bonds is 3. The van der Waals surface area contributed by atoms with Gasteiger partial charge in [0.1, 0.15) is 0 Å². The monoisotopic (exact) mass is 283 g/mol. The van der Waals surface area contributed by atoms with Crippen LogP contribution in [0.3, 0.4) is 0 Å². The molecule has 1 N–H and O–H groups in total. The summed E-state index contributed by atoms with van der Waals surface area (Å²) in [6.07, 6.45) is 3.44. The smallest absolute Gasteiger partial charge is 0.310 e. The molecule has 2 fully saturated rings. The fraction of sp³-hybridized carbons (Fsp3) is 0.938. The van der Waals surface area contributed by atoms with Gasteiger partial charge in [0.25, 0.3) is 0 Å². The minimum Gasteiger partial charge on any atom is -0.481 e. The standard InChI is InChI=1S/C16H29NO3/c1-6-16(13(18)19)8-7-9-17(11-16)12-10-14(2,3)20-15(12,4)5/h12H,6-11H2,1-5H3,(H,18,19). The molecular formula is C16H29NO3. The van der Waals surface area contributed by atoms with Crippen LogP contribution >= 0.6 is 0 Å². The minimum atomic E-state index is -0.638. The topological polar surface area (TPSA) is 49.8 Å². The number of carboxylic acids is 1. The summed E-state index contributed by atoms with van der Waals surface area (Å²) in [5, 5.41) is 9.62. The Hall–Kier alpha value is -0.610. The minimum absolute atomic E-state index is 0.121. The van der Waals surface area contributed by atoms with E-state index in [0.717, 1.165) is 25.8 Å². The lowest BCUT2D eigenvalue weighted by atomic mass is 9.76. The molecule has 4 heteroatoms. The lowest BCUT2D eigenvalue weighted by Crippen LogP contribution is -2.55. The highest BCUT2D eigenvalue weighted by molar-refractivity contribution is 5.75. The van der Waals surface area contributed by atoms with E-state index >= 15 is 0 Å². The first kappa shape index (κ1) is 15.8. The highest BCUT2D eigenvalue weighted by Gasteiger charge is 2.51. The van der Waals surface area contributed by atoms with E-state index in [1.807, 2.05) is 6.92 Å². The molecule has 116 valence electrons. The van der Waals surface area contributed by atoms with E-state index in [-0.39, 0.29) is 11.2 Å². The Morgan fingerprint density at radius 3 is 2.45 bits per heavy atom. The normalized spacial score (nSPS) is 37.0. The van der Waals surface area contributed by atoms with Crippen LogP contribution in [-0.4, -0.2) is 46.3 Å². The third-order valence-electron chi connectivity index (χ3n) is 5.20. The number of carbonyl (C=O) groups is 1. The molecule has 0 aromatic rings. The van der Waals surface area contributed by atoms with Crippen LogP contribution in [0.1, 0.15) is 60.3 Å². The molecule has 2 aliphatic heterocycles. The third kappa shape index (κ3) is 2.73. The van der Waals surface area contributed by atoms with E-state index in [4.69, 9.17) is 4.74 Å². The average Bonchev–Trinajstić information content (AvgIpc) is 2.57. The highest BCUT2D eigenvalue weighted by atomic mass is 16.5. The Morgan fingerprint density at radius 2 is 2.00 bits per heavy atom. The van der Waals surface area contributed by atoms with Crippen molar-refractivity contribution in [1.82, 2.24) is 4.90 Å². The Kier molecular flexibility index (Phi) is 3.93. The average molecular weight is 283 g/mol. The van der Waals surface area contributed by atoms with Crippen molar-refractivity contribution in [1.29, 1.82) is 0 Å². The molecule has 4 nitrogen and oxygen atoms in total. The van der Waals surface area contributed by atoms with Gasteiger partial charge < -0.3 is 9.84 Å². The summed E-state index contributed by atoms with van der Waals surface area (Å²) in [4.78, 5) is 14.1. The maximum absolute atomic E-state index is 11.7. The van der Waals surface area contributed by atoms with E-state index in [2.05, 4.69) is 32.6 Å². The zero-order valence-electron chi connectivity index (χ0n) is 13.5. The fourth-order valence-corrected chi connectivity index (χ4v) is 4.15. The van der Waals surface area contributed by atoms with Gasteiger partial charge in [-0.15, -0.1) is 0 Å². The van der Waals surface area contributed by atoms with Gasteiger partial charge >= 0.3 is 5.97 Å². The van der Waals surface area contributed by atoms with Crippen molar-refractivity contribution >= 4 is 5.97 Å². The van der Waals surface area contributed by atoms with Gasteiger partial charge in [0.15, 0.2) is 0 Å². The molecule has 2 aliphatic rings. The maximum Gasteiger partial charge on any atom is 0.310 e. The Bertz CT molecular complexity index is 391. The van der Waals surface area contributed by atoms with E-state index in [0.29, 0.717) is 19.0 Å². The Morgan fingerprint density at radius 1 is 1.35 bits per heavy atom. The first-order chi connectivity index (χ1) is 9.12. The predicted octanol–water partition coefficient (Wildman–Crippen LogP) is 2.91. The second kappa shape index (κ2) is 4.99. The van der Waals surface area contributed by atoms with Gasteiger partial charge in [0.2, 0.25) is 0 Å². The van der Waals surface area contributed by atoms with E-state index < -0.39 is 11.4 Å². The van der Waals surface area contributed by atoms with Crippen molar-refractivity contribution in [2.24, 2.45) is 5.41 Å². The summed E-state index contributed by atoms with van der Waals surface area (Å²) in [5.74, 6) is -0.638. The number of piperidine rings is 1. The first-order valence-corrected chi connectivity index (χ1v) is 7.79. The van der Waals surface area contributed by atoms with Crippen molar-refractivity contribution in [3.05, 3.63) is 0 Å². The van der Waals surface area contributed by atoms with E-state index in [1.165, 1.54) is 0 Å². The molecule has 2 saturated heterocycles. The number of carboxylic acid groups (broad SMARTS) is 1. The van der Waals surface area contributed by atoms with Crippen LogP contribution in [-0.2, 0) is 9.53 Å². The zero-order chi connectivity index (χ0) is 15.2.